The van der Waals surface area contributed by atoms with E-state index in [0.29, 0.717) is 0 Å². The van der Waals surface area contributed by atoms with E-state index in [-0.39, 0.29) is 0 Å². The molecule has 2 N–H and O–H groups in total. The van der Waals surface area contributed by atoms with E-state index in [1.54, 1.807) is 0 Å². The van der Waals surface area contributed by atoms with Gasteiger partial charge in [-0.05, 0) is 49.9 Å². The summed E-state index contributed by atoms with van der Waals surface area (Å²) in [6.45, 7) is 5.15. The van der Waals surface area contributed by atoms with Crippen LogP contribution < -0.4 is 5.73 Å². The number of imidazole rings is 1. The van der Waals surface area contributed by atoms with Gasteiger partial charge in [-0.3, -0.25) is 0 Å². The van der Waals surface area contributed by atoms with Crippen LogP contribution in [-0.4, -0.2) is 16.1 Å². The van der Waals surface area contributed by atoms with Gasteiger partial charge in [0.25, 0.3) is 0 Å². The van der Waals surface area contributed by atoms with Gasteiger partial charge in [-0.25, -0.2) is 4.98 Å². The highest BCUT2D eigenvalue weighted by Gasteiger charge is 2.11. The van der Waals surface area contributed by atoms with Crippen molar-refractivity contribution < 1.29 is 0 Å². The van der Waals surface area contributed by atoms with Crippen LogP contribution in [0.5, 0.6) is 0 Å². The van der Waals surface area contributed by atoms with Crippen molar-refractivity contribution in [3.8, 4) is 0 Å². The fourth-order valence-electron chi connectivity index (χ4n) is 2.70. The maximum Gasteiger partial charge on any atom is 0.109 e. The highest BCUT2D eigenvalue weighted by atomic mass is 15.1. The van der Waals surface area contributed by atoms with Gasteiger partial charge in [0.2, 0.25) is 0 Å². The second-order valence-corrected chi connectivity index (χ2v) is 5.47. The number of nitrogens with zero attached hydrogens (tertiary/aromatic N) is 2. The Labute approximate surface area is 115 Å². The lowest BCUT2D eigenvalue weighted by Gasteiger charge is -2.12. The Bertz CT molecular complexity index is 542. The quantitative estimate of drug-likeness (QED) is 0.866. The SMILES string of the molecule is CCC(CCN)CCc1nc2cc(C)ccc2n1C. The Balaban J connectivity index is 2.14. The van der Waals surface area contributed by atoms with Crippen LogP contribution >= 0.6 is 0 Å². The lowest BCUT2D eigenvalue weighted by atomic mass is 9.96. The summed E-state index contributed by atoms with van der Waals surface area (Å²) in [4.78, 5) is 4.77. The van der Waals surface area contributed by atoms with Crippen LogP contribution in [0.4, 0.5) is 0 Å². The Kier molecular flexibility index (Phi) is 4.59. The fraction of sp³-hybridized carbons (Fsp3) is 0.562. The minimum Gasteiger partial charge on any atom is -0.331 e. The average molecular weight is 259 g/mol. The first-order valence-corrected chi connectivity index (χ1v) is 7.27. The predicted octanol–water partition coefficient (Wildman–Crippen LogP) is 3.19. The van der Waals surface area contributed by atoms with Crippen LogP contribution in [0.15, 0.2) is 18.2 Å². The number of benzene rings is 1. The third-order valence-electron chi connectivity index (χ3n) is 4.06. The van der Waals surface area contributed by atoms with Gasteiger partial charge in [0.1, 0.15) is 5.82 Å². The van der Waals surface area contributed by atoms with Crippen LogP contribution in [0.3, 0.4) is 0 Å². The zero-order chi connectivity index (χ0) is 13.8. The van der Waals surface area contributed by atoms with Crippen LogP contribution in [0.1, 0.15) is 37.6 Å². The van der Waals surface area contributed by atoms with E-state index in [1.807, 2.05) is 0 Å². The second kappa shape index (κ2) is 6.20. The summed E-state index contributed by atoms with van der Waals surface area (Å²) in [6, 6.07) is 6.48. The molecule has 3 heteroatoms. The standard InChI is InChI=1S/C16H25N3/c1-4-13(9-10-17)6-8-16-18-14-11-12(2)5-7-15(14)19(16)3/h5,7,11,13H,4,6,8-10,17H2,1-3H3. The van der Waals surface area contributed by atoms with Gasteiger partial charge in [0.15, 0.2) is 0 Å². The summed E-state index contributed by atoms with van der Waals surface area (Å²) in [5.74, 6) is 1.92. The molecule has 1 aromatic heterocycles. The number of hydrogen-bond acceptors (Lipinski definition) is 2. The minimum absolute atomic E-state index is 0.728. The number of aromatic nitrogens is 2. The molecule has 0 aliphatic heterocycles. The van der Waals surface area contributed by atoms with Crippen molar-refractivity contribution in [3.05, 3.63) is 29.6 Å². The average Bonchev–Trinajstić information content (AvgIpc) is 2.70. The van der Waals surface area contributed by atoms with Crippen LogP contribution in [0.25, 0.3) is 11.0 Å². The lowest BCUT2D eigenvalue weighted by Crippen LogP contribution is -2.10. The molecule has 1 atom stereocenters. The molecule has 19 heavy (non-hydrogen) atoms. The predicted molar refractivity (Wildman–Crippen MR) is 81.2 cm³/mol. The maximum atomic E-state index is 5.66. The number of fused-ring (bicyclic) bond motifs is 1. The van der Waals surface area contributed by atoms with E-state index < -0.39 is 0 Å². The fourth-order valence-corrected chi connectivity index (χ4v) is 2.70. The lowest BCUT2D eigenvalue weighted by molar-refractivity contribution is 0.437. The van der Waals surface area contributed by atoms with E-state index in [9.17, 15) is 0 Å². The first-order chi connectivity index (χ1) is 9.15. The van der Waals surface area contributed by atoms with Crippen molar-refractivity contribution in [3.63, 3.8) is 0 Å². The zero-order valence-electron chi connectivity index (χ0n) is 12.3. The van der Waals surface area contributed by atoms with Gasteiger partial charge in [-0.2, -0.15) is 0 Å². The van der Waals surface area contributed by atoms with Crippen molar-refractivity contribution in [1.29, 1.82) is 0 Å². The van der Waals surface area contributed by atoms with Crippen molar-refractivity contribution in [2.24, 2.45) is 18.7 Å². The van der Waals surface area contributed by atoms with E-state index >= 15 is 0 Å². The maximum absolute atomic E-state index is 5.66. The van der Waals surface area contributed by atoms with Gasteiger partial charge >= 0.3 is 0 Å². The van der Waals surface area contributed by atoms with Crippen LogP contribution in [0, 0.1) is 12.8 Å². The van der Waals surface area contributed by atoms with Crippen LogP contribution in [0.2, 0.25) is 0 Å². The second-order valence-electron chi connectivity index (χ2n) is 5.47. The molecule has 0 radical (unpaired) electrons. The minimum atomic E-state index is 0.728. The summed E-state index contributed by atoms with van der Waals surface area (Å²) in [5.41, 5.74) is 9.28. The molecule has 0 amide bonds. The highest BCUT2D eigenvalue weighted by molar-refractivity contribution is 5.76. The molecule has 0 spiro atoms. The molecule has 3 nitrogen and oxygen atoms in total. The first kappa shape index (κ1) is 14.1. The molecular formula is C16H25N3. The Hall–Kier alpha value is -1.35. The van der Waals surface area contributed by atoms with E-state index in [4.69, 9.17) is 10.7 Å². The van der Waals surface area contributed by atoms with Gasteiger partial charge < -0.3 is 10.3 Å². The number of nitrogens with two attached hydrogens (primary N) is 1. The smallest absolute Gasteiger partial charge is 0.109 e. The number of aryl methyl sites for hydroxylation is 3. The zero-order valence-corrected chi connectivity index (χ0v) is 12.3. The molecule has 0 aliphatic carbocycles. The summed E-state index contributed by atoms with van der Waals surface area (Å²) < 4.78 is 2.23. The molecule has 0 saturated carbocycles. The molecule has 0 aliphatic rings. The largest absolute Gasteiger partial charge is 0.331 e. The summed E-state index contributed by atoms with van der Waals surface area (Å²) >= 11 is 0. The summed E-state index contributed by atoms with van der Waals surface area (Å²) in [6.07, 6.45) is 4.56. The monoisotopic (exact) mass is 259 g/mol. The number of hydrogen-bond donors (Lipinski definition) is 1. The molecule has 1 aromatic carbocycles. The first-order valence-electron chi connectivity index (χ1n) is 7.27. The van der Waals surface area contributed by atoms with E-state index in [2.05, 4.69) is 43.7 Å². The molecule has 2 aromatic rings. The topological polar surface area (TPSA) is 43.8 Å². The van der Waals surface area contributed by atoms with Gasteiger partial charge in [-0.1, -0.05) is 19.4 Å². The molecule has 1 unspecified atom stereocenters. The normalized spacial score (nSPS) is 13.1. The van der Waals surface area contributed by atoms with Crippen molar-refractivity contribution in [2.45, 2.75) is 39.5 Å². The third kappa shape index (κ3) is 3.16. The summed E-state index contributed by atoms with van der Waals surface area (Å²) in [5, 5.41) is 0. The molecule has 2 rings (SSSR count). The van der Waals surface area contributed by atoms with Gasteiger partial charge in [-0.15, -0.1) is 0 Å². The molecule has 0 bridgehead atoms. The molecule has 1 heterocycles. The van der Waals surface area contributed by atoms with Crippen molar-refractivity contribution >= 4 is 11.0 Å². The Morgan fingerprint density at radius 3 is 2.79 bits per heavy atom. The van der Waals surface area contributed by atoms with Gasteiger partial charge in [0, 0.05) is 13.5 Å². The van der Waals surface area contributed by atoms with Gasteiger partial charge in [0.05, 0.1) is 11.0 Å². The van der Waals surface area contributed by atoms with Crippen LogP contribution in [-0.2, 0) is 13.5 Å². The third-order valence-corrected chi connectivity index (χ3v) is 4.06. The molecule has 0 saturated heterocycles. The van der Waals surface area contributed by atoms with Crippen molar-refractivity contribution in [2.75, 3.05) is 6.54 Å². The number of rotatable bonds is 6. The van der Waals surface area contributed by atoms with E-state index in [1.165, 1.54) is 29.7 Å². The van der Waals surface area contributed by atoms with Crippen molar-refractivity contribution in [1.82, 2.24) is 9.55 Å². The Morgan fingerprint density at radius 2 is 2.11 bits per heavy atom. The molecule has 0 fully saturated rings. The molecule has 104 valence electrons. The molecular weight excluding hydrogens is 234 g/mol. The highest BCUT2D eigenvalue weighted by Crippen LogP contribution is 2.20. The summed E-state index contributed by atoms with van der Waals surface area (Å²) in [7, 11) is 2.11. The van der Waals surface area contributed by atoms with E-state index in [0.717, 1.165) is 30.8 Å². The Morgan fingerprint density at radius 1 is 1.32 bits per heavy atom.